The highest BCUT2D eigenvalue weighted by Crippen LogP contribution is 2.23. The molecule has 2 heteroatoms. The highest BCUT2D eigenvalue weighted by Gasteiger charge is 2.26. The first-order valence-electron chi connectivity index (χ1n) is 5.62. The number of hydrogen-bond acceptors (Lipinski definition) is 2. The van der Waals surface area contributed by atoms with Gasteiger partial charge in [-0.1, -0.05) is 39.2 Å². The number of esters is 1. The van der Waals surface area contributed by atoms with E-state index in [2.05, 4.69) is 13.5 Å². The van der Waals surface area contributed by atoms with E-state index in [-0.39, 0.29) is 12.1 Å². The Morgan fingerprint density at radius 2 is 2.07 bits per heavy atom. The number of carbonyl (C=O) groups is 1. The first-order valence-corrected chi connectivity index (χ1v) is 5.62. The maximum absolute atomic E-state index is 11.0. The van der Waals surface area contributed by atoms with Crippen molar-refractivity contribution in [2.45, 2.75) is 58.0 Å². The second-order valence-electron chi connectivity index (χ2n) is 4.04. The van der Waals surface area contributed by atoms with Crippen LogP contribution in [0.3, 0.4) is 0 Å². The SMILES string of the molecule is C=C1C[C@H](CCCCCCC)OC1=O. The molecule has 80 valence electrons. The highest BCUT2D eigenvalue weighted by molar-refractivity contribution is 5.89. The Bertz CT molecular complexity index is 192. The first-order chi connectivity index (χ1) is 6.74. The fraction of sp³-hybridized carbons (Fsp3) is 0.750. The normalized spacial score (nSPS) is 21.4. The molecule has 1 saturated heterocycles. The molecule has 1 fully saturated rings. The molecule has 1 aliphatic rings. The average molecular weight is 196 g/mol. The highest BCUT2D eigenvalue weighted by atomic mass is 16.5. The third-order valence-electron chi connectivity index (χ3n) is 2.67. The van der Waals surface area contributed by atoms with Crippen LogP contribution in [0.1, 0.15) is 51.9 Å². The zero-order valence-electron chi connectivity index (χ0n) is 9.05. The Kier molecular flexibility index (Phi) is 4.71. The molecule has 2 nitrogen and oxygen atoms in total. The van der Waals surface area contributed by atoms with Gasteiger partial charge < -0.3 is 4.74 Å². The van der Waals surface area contributed by atoms with Crippen LogP contribution in [0.4, 0.5) is 0 Å². The molecular weight excluding hydrogens is 176 g/mol. The topological polar surface area (TPSA) is 26.3 Å². The number of cyclic esters (lactones) is 1. The minimum Gasteiger partial charge on any atom is -0.459 e. The van der Waals surface area contributed by atoms with Crippen molar-refractivity contribution in [1.82, 2.24) is 0 Å². The van der Waals surface area contributed by atoms with Crippen LogP contribution in [-0.2, 0) is 9.53 Å². The van der Waals surface area contributed by atoms with Gasteiger partial charge in [0.25, 0.3) is 0 Å². The zero-order valence-corrected chi connectivity index (χ0v) is 9.05. The summed E-state index contributed by atoms with van der Waals surface area (Å²) in [5, 5.41) is 0. The van der Waals surface area contributed by atoms with E-state index in [0.29, 0.717) is 5.57 Å². The molecule has 0 aromatic heterocycles. The van der Waals surface area contributed by atoms with Crippen LogP contribution in [0.5, 0.6) is 0 Å². The Balaban J connectivity index is 2.03. The lowest BCUT2D eigenvalue weighted by Crippen LogP contribution is -2.06. The number of ether oxygens (including phenoxy) is 1. The summed E-state index contributed by atoms with van der Waals surface area (Å²) >= 11 is 0. The van der Waals surface area contributed by atoms with Gasteiger partial charge in [-0.3, -0.25) is 0 Å². The van der Waals surface area contributed by atoms with E-state index in [1.54, 1.807) is 0 Å². The predicted molar refractivity (Wildman–Crippen MR) is 57.0 cm³/mol. The van der Waals surface area contributed by atoms with Gasteiger partial charge in [0.1, 0.15) is 6.10 Å². The molecular formula is C12H20O2. The summed E-state index contributed by atoms with van der Waals surface area (Å²) in [4.78, 5) is 11.0. The van der Waals surface area contributed by atoms with Crippen molar-refractivity contribution in [1.29, 1.82) is 0 Å². The molecule has 0 bridgehead atoms. The lowest BCUT2D eigenvalue weighted by atomic mass is 10.1. The first kappa shape index (κ1) is 11.3. The molecule has 0 N–H and O–H groups in total. The monoisotopic (exact) mass is 196 g/mol. The van der Waals surface area contributed by atoms with Crippen molar-refractivity contribution in [3.63, 3.8) is 0 Å². The van der Waals surface area contributed by atoms with Gasteiger partial charge in [0.15, 0.2) is 0 Å². The van der Waals surface area contributed by atoms with Crippen molar-refractivity contribution >= 4 is 5.97 Å². The van der Waals surface area contributed by atoms with Gasteiger partial charge in [-0.05, 0) is 12.8 Å². The van der Waals surface area contributed by atoms with E-state index < -0.39 is 0 Å². The maximum atomic E-state index is 11.0. The van der Waals surface area contributed by atoms with Crippen molar-refractivity contribution in [3.8, 4) is 0 Å². The van der Waals surface area contributed by atoms with E-state index in [4.69, 9.17) is 4.74 Å². The standard InChI is InChI=1S/C12H20O2/c1-3-4-5-6-7-8-11-9-10(2)12(13)14-11/h11H,2-9H2,1H3/t11-/m0/s1. The molecule has 14 heavy (non-hydrogen) atoms. The van der Waals surface area contributed by atoms with E-state index >= 15 is 0 Å². The Morgan fingerprint density at radius 1 is 1.36 bits per heavy atom. The molecule has 1 atom stereocenters. The number of rotatable bonds is 6. The zero-order chi connectivity index (χ0) is 10.4. The fourth-order valence-electron chi connectivity index (χ4n) is 1.77. The van der Waals surface area contributed by atoms with Gasteiger partial charge in [0.2, 0.25) is 0 Å². The molecule has 0 spiro atoms. The van der Waals surface area contributed by atoms with Crippen LogP contribution < -0.4 is 0 Å². The van der Waals surface area contributed by atoms with Gasteiger partial charge in [0.05, 0.1) is 0 Å². The molecule has 0 aromatic carbocycles. The number of carbonyl (C=O) groups excluding carboxylic acids is 1. The second kappa shape index (κ2) is 5.84. The largest absolute Gasteiger partial charge is 0.459 e. The lowest BCUT2D eigenvalue weighted by Gasteiger charge is -2.07. The van der Waals surface area contributed by atoms with Gasteiger partial charge >= 0.3 is 5.97 Å². The molecule has 1 aliphatic heterocycles. The van der Waals surface area contributed by atoms with Crippen LogP contribution in [0.25, 0.3) is 0 Å². The average Bonchev–Trinajstić information content (AvgIpc) is 2.46. The van der Waals surface area contributed by atoms with Gasteiger partial charge in [-0.2, -0.15) is 0 Å². The fourth-order valence-corrected chi connectivity index (χ4v) is 1.77. The molecule has 0 unspecified atom stereocenters. The van der Waals surface area contributed by atoms with E-state index in [1.165, 1.54) is 32.1 Å². The quantitative estimate of drug-likeness (QED) is 0.370. The van der Waals surface area contributed by atoms with E-state index in [9.17, 15) is 4.79 Å². The maximum Gasteiger partial charge on any atom is 0.333 e. The van der Waals surface area contributed by atoms with Crippen molar-refractivity contribution < 1.29 is 9.53 Å². The molecule has 0 aromatic rings. The molecule has 0 amide bonds. The summed E-state index contributed by atoms with van der Waals surface area (Å²) in [7, 11) is 0. The molecule has 1 heterocycles. The summed E-state index contributed by atoms with van der Waals surface area (Å²) in [6, 6.07) is 0. The predicted octanol–water partition coefficient (Wildman–Crippen LogP) is 3.22. The third kappa shape index (κ3) is 3.52. The Morgan fingerprint density at radius 3 is 2.64 bits per heavy atom. The van der Waals surface area contributed by atoms with E-state index in [0.717, 1.165) is 12.8 Å². The van der Waals surface area contributed by atoms with Crippen molar-refractivity contribution in [2.24, 2.45) is 0 Å². The number of hydrogen-bond donors (Lipinski definition) is 0. The smallest absolute Gasteiger partial charge is 0.333 e. The van der Waals surface area contributed by atoms with E-state index in [1.807, 2.05) is 0 Å². The number of unbranched alkanes of at least 4 members (excludes halogenated alkanes) is 4. The van der Waals surface area contributed by atoms with Gasteiger partial charge in [0, 0.05) is 12.0 Å². The van der Waals surface area contributed by atoms with Crippen molar-refractivity contribution in [2.75, 3.05) is 0 Å². The Labute approximate surface area is 86.3 Å². The van der Waals surface area contributed by atoms with Gasteiger partial charge in [-0.25, -0.2) is 4.79 Å². The van der Waals surface area contributed by atoms with Crippen LogP contribution in [-0.4, -0.2) is 12.1 Å². The molecule has 0 saturated carbocycles. The Hall–Kier alpha value is -0.790. The second-order valence-corrected chi connectivity index (χ2v) is 4.04. The minimum absolute atomic E-state index is 0.122. The third-order valence-corrected chi connectivity index (χ3v) is 2.67. The summed E-state index contributed by atoms with van der Waals surface area (Å²) in [5.41, 5.74) is 0.642. The molecule has 0 aliphatic carbocycles. The van der Waals surface area contributed by atoms with Crippen LogP contribution in [0, 0.1) is 0 Å². The lowest BCUT2D eigenvalue weighted by molar-refractivity contribution is -0.139. The van der Waals surface area contributed by atoms with Crippen LogP contribution in [0.2, 0.25) is 0 Å². The van der Waals surface area contributed by atoms with Crippen LogP contribution in [0.15, 0.2) is 12.2 Å². The summed E-state index contributed by atoms with van der Waals surface area (Å²) in [6.07, 6.45) is 8.20. The molecule has 1 rings (SSSR count). The van der Waals surface area contributed by atoms with Crippen molar-refractivity contribution in [3.05, 3.63) is 12.2 Å². The minimum atomic E-state index is -0.191. The summed E-state index contributed by atoms with van der Waals surface area (Å²) in [6.45, 7) is 5.88. The van der Waals surface area contributed by atoms with Crippen LogP contribution >= 0.6 is 0 Å². The summed E-state index contributed by atoms with van der Waals surface area (Å²) in [5.74, 6) is -0.191. The van der Waals surface area contributed by atoms with Gasteiger partial charge in [-0.15, -0.1) is 0 Å². The summed E-state index contributed by atoms with van der Waals surface area (Å²) < 4.78 is 5.14. The molecule has 0 radical (unpaired) electrons.